The first-order chi connectivity index (χ1) is 14.6. The number of aliphatic hydroxyl groups excluding tert-OH is 2. The van der Waals surface area contributed by atoms with E-state index in [0.29, 0.717) is 58.9 Å². The molecular weight excluding hydrogens is 434 g/mol. The third-order valence-corrected chi connectivity index (χ3v) is 7.82. The average molecular weight is 474 g/mol. The van der Waals surface area contributed by atoms with Crippen LogP contribution in [0.4, 0.5) is 4.79 Å². The Morgan fingerprint density at radius 3 is 1.63 bits per heavy atom. The summed E-state index contributed by atoms with van der Waals surface area (Å²) in [6, 6.07) is 0. The van der Waals surface area contributed by atoms with Gasteiger partial charge in [0.2, 0.25) is 16.8 Å². The number of rotatable bonds is 20. The predicted octanol–water partition coefficient (Wildman–Crippen LogP) is 2.83. The van der Waals surface area contributed by atoms with Crippen LogP contribution in [0.15, 0.2) is 0 Å². The molecule has 0 aromatic rings. The van der Waals surface area contributed by atoms with Gasteiger partial charge in [0.1, 0.15) is 6.61 Å². The first-order valence-corrected chi connectivity index (χ1v) is 13.0. The molecule has 0 bridgehead atoms. The molecule has 30 heavy (non-hydrogen) atoms. The van der Waals surface area contributed by atoms with Crippen molar-refractivity contribution in [3.05, 3.63) is 0 Å². The van der Waals surface area contributed by atoms with E-state index in [1.807, 2.05) is 32.6 Å². The van der Waals surface area contributed by atoms with Gasteiger partial charge in [0.25, 0.3) is 0 Å². The lowest BCUT2D eigenvalue weighted by Gasteiger charge is -2.31. The van der Waals surface area contributed by atoms with Crippen LogP contribution in [0.5, 0.6) is 0 Å². The topological polar surface area (TPSA) is 119 Å². The van der Waals surface area contributed by atoms with Gasteiger partial charge in [-0.1, -0.05) is 0 Å². The van der Waals surface area contributed by atoms with E-state index in [2.05, 4.69) is 5.32 Å². The number of carbonyl (C=O) groups excluding carboxylic acids is 1. The van der Waals surface area contributed by atoms with Crippen LogP contribution in [-0.2, 0) is 22.8 Å². The van der Waals surface area contributed by atoms with Crippen LogP contribution < -0.4 is 5.32 Å². The van der Waals surface area contributed by atoms with Crippen molar-refractivity contribution >= 4 is 22.8 Å². The highest BCUT2D eigenvalue weighted by Crippen LogP contribution is 2.59. The highest BCUT2D eigenvalue weighted by molar-refractivity contribution is 7.66. The number of hydrogen-bond acceptors (Lipinski definition) is 9. The summed E-state index contributed by atoms with van der Waals surface area (Å²) in [4.78, 5) is 14.5. The highest BCUT2D eigenvalue weighted by atomic mass is 31.2. The highest BCUT2D eigenvalue weighted by Gasteiger charge is 2.36. The van der Waals surface area contributed by atoms with E-state index in [1.165, 1.54) is 0 Å². The zero-order chi connectivity index (χ0) is 22.6. The van der Waals surface area contributed by atoms with Crippen molar-refractivity contribution in [2.24, 2.45) is 0 Å². The van der Waals surface area contributed by atoms with Gasteiger partial charge in [0.15, 0.2) is 5.52 Å². The van der Waals surface area contributed by atoms with Gasteiger partial charge < -0.3 is 38.4 Å². The van der Waals surface area contributed by atoms with E-state index in [4.69, 9.17) is 33.0 Å². The van der Waals surface area contributed by atoms with Crippen LogP contribution in [0.1, 0.15) is 40.5 Å². The van der Waals surface area contributed by atoms with Crippen LogP contribution in [0.25, 0.3) is 0 Å². The Bertz CT molecular complexity index is 376. The number of nitrogens with one attached hydrogen (secondary N) is 1. The molecule has 0 saturated heterocycles. The Balaban J connectivity index is 4.90. The molecule has 3 N–H and O–H groups in total. The summed E-state index contributed by atoms with van der Waals surface area (Å²) in [5, 5.41) is 20.8. The van der Waals surface area contributed by atoms with Crippen LogP contribution in [0, 0.1) is 0 Å². The molecule has 0 aromatic heterocycles. The van der Waals surface area contributed by atoms with E-state index in [-0.39, 0.29) is 19.8 Å². The van der Waals surface area contributed by atoms with E-state index in [0.717, 1.165) is 0 Å². The summed E-state index contributed by atoms with van der Waals surface area (Å²) in [6.07, 6.45) is 0.655. The second-order valence-electron chi connectivity index (χ2n) is 5.89. The zero-order valence-corrected chi connectivity index (χ0v) is 20.5. The van der Waals surface area contributed by atoms with Crippen molar-refractivity contribution in [1.29, 1.82) is 0 Å². The van der Waals surface area contributed by atoms with Crippen molar-refractivity contribution in [3.8, 4) is 0 Å². The Hall–Kier alpha value is -0.150. The van der Waals surface area contributed by atoms with Crippen molar-refractivity contribution in [1.82, 2.24) is 10.2 Å². The maximum Gasteiger partial charge on any atom is 0.408 e. The van der Waals surface area contributed by atoms with Crippen molar-refractivity contribution < 1.29 is 37.8 Å². The standard InChI is InChI=1S/C18H40N2O8P2/c1-5-25-29(26-6-2)18(30(27-7-3)28-8-4)19-17(23)24-16-13-20(11-9-14-21)12-10-15-22/h18,21-22H,5-16H2,1-4H3,(H,19,23). The third-order valence-electron chi connectivity index (χ3n) is 3.58. The first-order valence-electron chi connectivity index (χ1n) is 10.5. The van der Waals surface area contributed by atoms with Gasteiger partial charge in [-0.2, -0.15) is 0 Å². The molecule has 1 amide bonds. The lowest BCUT2D eigenvalue weighted by Crippen LogP contribution is -2.37. The SMILES string of the molecule is CCOP(OCC)C(NC(=O)OCCN(CCCO)CCCO)P(OCC)OCC. The fourth-order valence-electron chi connectivity index (χ4n) is 2.39. The molecule has 0 radical (unpaired) electrons. The summed E-state index contributed by atoms with van der Waals surface area (Å²) >= 11 is 0. The molecule has 0 atom stereocenters. The minimum Gasteiger partial charge on any atom is -0.448 e. The molecule has 0 aromatic carbocycles. The minimum absolute atomic E-state index is 0.0927. The Kier molecular flexibility index (Phi) is 20.6. The van der Waals surface area contributed by atoms with E-state index >= 15 is 0 Å². The number of carbonyl (C=O) groups is 1. The summed E-state index contributed by atoms with van der Waals surface area (Å²) in [7, 11) is -2.92. The number of alkyl carbamates (subject to hydrolysis) is 1. The first kappa shape index (κ1) is 29.9. The monoisotopic (exact) mass is 474 g/mol. The average Bonchev–Trinajstić information content (AvgIpc) is 2.73. The predicted molar refractivity (Wildman–Crippen MR) is 118 cm³/mol. The van der Waals surface area contributed by atoms with Gasteiger partial charge >= 0.3 is 6.09 Å². The maximum atomic E-state index is 12.5. The molecule has 0 aliphatic rings. The molecule has 0 aliphatic carbocycles. The molecule has 0 fully saturated rings. The molecule has 0 unspecified atom stereocenters. The van der Waals surface area contributed by atoms with Gasteiger partial charge in [-0.15, -0.1) is 0 Å². The Labute approximate surface area is 183 Å². The molecule has 12 heteroatoms. The number of aliphatic hydroxyl groups is 2. The fraction of sp³-hybridized carbons (Fsp3) is 0.944. The Morgan fingerprint density at radius 1 is 0.833 bits per heavy atom. The smallest absolute Gasteiger partial charge is 0.408 e. The van der Waals surface area contributed by atoms with Gasteiger partial charge in [0, 0.05) is 32.8 Å². The van der Waals surface area contributed by atoms with Crippen molar-refractivity contribution in [2.75, 3.05) is 65.9 Å². The zero-order valence-electron chi connectivity index (χ0n) is 18.7. The van der Waals surface area contributed by atoms with Gasteiger partial charge in [0.05, 0.1) is 26.4 Å². The number of amides is 1. The quantitative estimate of drug-likeness (QED) is 0.229. The minimum atomic E-state index is -1.46. The lowest BCUT2D eigenvalue weighted by atomic mass is 10.3. The van der Waals surface area contributed by atoms with Crippen LogP contribution in [-0.4, -0.2) is 92.6 Å². The Morgan fingerprint density at radius 2 is 1.27 bits per heavy atom. The molecule has 0 saturated carbocycles. The molecule has 0 spiro atoms. The molecule has 180 valence electrons. The van der Waals surface area contributed by atoms with Crippen molar-refractivity contribution in [3.63, 3.8) is 0 Å². The van der Waals surface area contributed by atoms with Gasteiger partial charge in [-0.05, 0) is 40.5 Å². The second-order valence-corrected chi connectivity index (χ2v) is 9.51. The number of ether oxygens (including phenoxy) is 1. The lowest BCUT2D eigenvalue weighted by molar-refractivity contribution is 0.119. The van der Waals surface area contributed by atoms with E-state index < -0.39 is 28.4 Å². The summed E-state index contributed by atoms with van der Waals surface area (Å²) in [5.74, 6) is 0. The number of hydrogen-bond donors (Lipinski definition) is 3. The molecule has 0 rings (SSSR count). The molecule has 10 nitrogen and oxygen atoms in total. The summed E-state index contributed by atoms with van der Waals surface area (Å²) in [5.41, 5.74) is -0.581. The molecular formula is C18H40N2O8P2. The summed E-state index contributed by atoms with van der Waals surface area (Å²) in [6.45, 7) is 11.4. The van der Waals surface area contributed by atoms with E-state index in [9.17, 15) is 4.79 Å². The van der Waals surface area contributed by atoms with Crippen LogP contribution >= 0.6 is 16.8 Å². The van der Waals surface area contributed by atoms with Gasteiger partial charge in [-0.25, -0.2) is 4.79 Å². The molecule has 0 aliphatic heterocycles. The largest absolute Gasteiger partial charge is 0.448 e. The van der Waals surface area contributed by atoms with Gasteiger partial charge in [-0.3, -0.25) is 4.90 Å². The molecule has 0 heterocycles. The summed E-state index contributed by atoms with van der Waals surface area (Å²) < 4.78 is 28.3. The van der Waals surface area contributed by atoms with Crippen LogP contribution in [0.2, 0.25) is 0 Å². The number of nitrogens with zero attached hydrogens (tertiary/aromatic N) is 1. The fourth-order valence-corrected chi connectivity index (χ4v) is 5.96. The normalized spacial score (nSPS) is 11.8. The van der Waals surface area contributed by atoms with Crippen LogP contribution in [0.3, 0.4) is 0 Å². The van der Waals surface area contributed by atoms with E-state index in [1.54, 1.807) is 0 Å². The maximum absolute atomic E-state index is 12.5. The third kappa shape index (κ3) is 14.0. The van der Waals surface area contributed by atoms with Crippen molar-refractivity contribution in [2.45, 2.75) is 46.1 Å². The second kappa shape index (κ2) is 20.7.